The van der Waals surface area contributed by atoms with Crippen LogP contribution < -0.4 is 4.74 Å². The van der Waals surface area contributed by atoms with E-state index in [9.17, 15) is 18.3 Å². The predicted octanol–water partition coefficient (Wildman–Crippen LogP) is 4.24. The molecule has 0 aromatic heterocycles. The van der Waals surface area contributed by atoms with Crippen molar-refractivity contribution in [1.29, 1.82) is 0 Å². The first-order chi connectivity index (χ1) is 21.8. The molecule has 3 aliphatic heterocycles. The van der Waals surface area contributed by atoms with E-state index in [1.54, 1.807) is 12.1 Å². The summed E-state index contributed by atoms with van der Waals surface area (Å²) in [5, 5.41) is 10.2. The summed E-state index contributed by atoms with van der Waals surface area (Å²) in [5.41, 5.74) is 0.981. The molecule has 45 heavy (non-hydrogen) atoms. The Kier molecular flexibility index (Phi) is 11.8. The van der Waals surface area contributed by atoms with Gasteiger partial charge in [0.1, 0.15) is 5.75 Å². The normalized spacial score (nSPS) is 21.8. The molecule has 2 saturated heterocycles. The number of methoxy groups -OCH3 is 1. The number of carbonyl (C=O) groups is 1. The van der Waals surface area contributed by atoms with Crippen LogP contribution in [-0.2, 0) is 24.3 Å². The van der Waals surface area contributed by atoms with Gasteiger partial charge < -0.3 is 29.1 Å². The molecule has 2 fully saturated rings. The van der Waals surface area contributed by atoms with Crippen LogP contribution in [0.4, 0.5) is 0 Å². The number of carbonyl (C=O) groups excluding carboxylic acids is 1. The number of aliphatic hydroxyl groups excluding tert-OH is 1. The second-order valence-corrected chi connectivity index (χ2v) is 14.1. The number of ether oxygens (including phenoxy) is 3. The fourth-order valence-electron chi connectivity index (χ4n) is 6.37. The zero-order valence-corrected chi connectivity index (χ0v) is 27.4. The number of benzene rings is 2. The highest BCUT2D eigenvalue weighted by Crippen LogP contribution is 2.33. The van der Waals surface area contributed by atoms with Crippen LogP contribution in [0, 0.1) is 0 Å². The molecule has 2 aromatic rings. The summed E-state index contributed by atoms with van der Waals surface area (Å²) in [6, 6.07) is 14.1. The van der Waals surface area contributed by atoms with Gasteiger partial charge in [0.25, 0.3) is 5.91 Å². The van der Waals surface area contributed by atoms with Crippen LogP contribution in [0.3, 0.4) is 0 Å². The number of likely N-dealkylation sites (tertiary alicyclic amines) is 2. The average molecular weight is 662 g/mol. The average Bonchev–Trinajstić information content (AvgIpc) is 3.08. The van der Waals surface area contributed by atoms with E-state index in [4.69, 9.17) is 25.8 Å². The van der Waals surface area contributed by atoms with E-state index >= 15 is 0 Å². The minimum absolute atomic E-state index is 0.00258. The number of hydrogen-bond donors (Lipinski definition) is 1. The van der Waals surface area contributed by atoms with Crippen LogP contribution in [0.25, 0.3) is 0 Å². The monoisotopic (exact) mass is 661 g/mol. The van der Waals surface area contributed by atoms with Crippen LogP contribution in [-0.4, -0.2) is 105 Å². The first kappa shape index (κ1) is 33.7. The van der Waals surface area contributed by atoms with Gasteiger partial charge in [-0.25, -0.2) is 8.42 Å². The Hall–Kier alpha value is -2.67. The molecular weight excluding hydrogens is 618 g/mol. The van der Waals surface area contributed by atoms with Crippen LogP contribution in [0.2, 0.25) is 5.02 Å². The van der Waals surface area contributed by atoms with Gasteiger partial charge in [-0.15, -0.1) is 0 Å². The molecule has 0 spiro atoms. The Labute approximate surface area is 271 Å². The molecule has 246 valence electrons. The molecule has 12 heteroatoms. The van der Waals surface area contributed by atoms with Gasteiger partial charge in [-0.05, 0) is 86.8 Å². The lowest BCUT2D eigenvalue weighted by Gasteiger charge is -2.40. The summed E-state index contributed by atoms with van der Waals surface area (Å²) in [6.45, 7) is 3.22. The van der Waals surface area contributed by atoms with E-state index < -0.39 is 16.3 Å². The van der Waals surface area contributed by atoms with Gasteiger partial charge in [-0.2, -0.15) is 4.31 Å². The highest BCUT2D eigenvalue weighted by Gasteiger charge is 2.34. The van der Waals surface area contributed by atoms with Gasteiger partial charge in [-0.1, -0.05) is 30.2 Å². The number of allylic oxidation sites excluding steroid dienone is 1. The molecule has 0 unspecified atom stereocenters. The number of rotatable bonds is 12. The molecule has 3 aliphatic rings. The Morgan fingerprint density at radius 1 is 1.00 bits per heavy atom. The SMILES string of the molecule is COc1ccc(S(=O)(=O)N(CCO)CCO[C@H]2C[C@@H](c3ccc(Cl)cc3)C=C(C(=O)N3CCC(N4CCCCC4)CC3)O2)cc1. The molecule has 0 radical (unpaired) electrons. The van der Waals surface area contributed by atoms with E-state index in [0.717, 1.165) is 31.5 Å². The lowest BCUT2D eigenvalue weighted by molar-refractivity contribution is -0.153. The van der Waals surface area contributed by atoms with Crippen molar-refractivity contribution in [2.24, 2.45) is 0 Å². The zero-order valence-electron chi connectivity index (χ0n) is 25.9. The van der Waals surface area contributed by atoms with Gasteiger partial charge >= 0.3 is 0 Å². The van der Waals surface area contributed by atoms with Gasteiger partial charge in [0, 0.05) is 49.6 Å². The van der Waals surface area contributed by atoms with Crippen molar-refractivity contribution in [2.75, 3.05) is 59.6 Å². The molecule has 5 rings (SSSR count). The Morgan fingerprint density at radius 3 is 2.33 bits per heavy atom. The maximum Gasteiger partial charge on any atom is 0.288 e. The third-order valence-corrected chi connectivity index (χ3v) is 11.1. The lowest BCUT2D eigenvalue weighted by atomic mass is 9.92. The van der Waals surface area contributed by atoms with E-state index in [1.165, 1.54) is 42.8 Å². The van der Waals surface area contributed by atoms with Crippen molar-refractivity contribution < 1.29 is 32.5 Å². The number of piperidine rings is 2. The molecule has 1 N–H and O–H groups in total. The molecule has 0 saturated carbocycles. The van der Waals surface area contributed by atoms with Crippen LogP contribution in [0.5, 0.6) is 5.75 Å². The van der Waals surface area contributed by atoms with Crippen LogP contribution in [0.1, 0.15) is 50.0 Å². The van der Waals surface area contributed by atoms with E-state index in [-0.39, 0.29) is 48.8 Å². The summed E-state index contributed by atoms with van der Waals surface area (Å²) < 4.78 is 45.2. The molecule has 10 nitrogen and oxygen atoms in total. The maximum absolute atomic E-state index is 13.7. The molecule has 3 heterocycles. The van der Waals surface area contributed by atoms with Crippen molar-refractivity contribution >= 4 is 27.5 Å². The minimum atomic E-state index is -3.89. The summed E-state index contributed by atoms with van der Waals surface area (Å²) in [5.74, 6) is 0.493. The number of sulfonamides is 1. The van der Waals surface area contributed by atoms with Gasteiger partial charge in [-0.3, -0.25) is 4.79 Å². The smallest absolute Gasteiger partial charge is 0.288 e. The first-order valence-corrected chi connectivity index (χ1v) is 17.6. The van der Waals surface area contributed by atoms with Gasteiger partial charge in [0.2, 0.25) is 16.3 Å². The van der Waals surface area contributed by atoms with Crippen molar-refractivity contribution in [3.8, 4) is 5.75 Å². The van der Waals surface area contributed by atoms with Crippen LogP contribution >= 0.6 is 11.6 Å². The maximum atomic E-state index is 13.7. The van der Waals surface area contributed by atoms with Crippen molar-refractivity contribution in [2.45, 2.75) is 61.7 Å². The topological polar surface area (TPSA) is 109 Å². The van der Waals surface area contributed by atoms with E-state index in [0.29, 0.717) is 36.3 Å². The van der Waals surface area contributed by atoms with Crippen molar-refractivity contribution in [3.63, 3.8) is 0 Å². The van der Waals surface area contributed by atoms with Crippen molar-refractivity contribution in [3.05, 3.63) is 71.0 Å². The molecule has 0 aliphatic carbocycles. The zero-order chi connectivity index (χ0) is 31.8. The quantitative estimate of drug-likeness (QED) is 0.360. The second-order valence-electron chi connectivity index (χ2n) is 11.8. The standard InChI is InChI=1S/C33H44ClN3O7S/c1-42-29-9-11-30(12-10-29)45(40,41)37(19-21-38)20-22-43-32-24-26(25-5-7-27(34)8-6-25)23-31(44-32)33(39)36-17-13-28(14-18-36)35-15-3-2-4-16-35/h5-12,23,26,28,32,38H,2-4,13-22,24H2,1H3/t26-,32+/m0/s1. The van der Waals surface area contributed by atoms with Crippen LogP contribution in [0.15, 0.2) is 65.3 Å². The Balaban J connectivity index is 1.24. The third kappa shape index (κ3) is 8.58. The summed E-state index contributed by atoms with van der Waals surface area (Å²) in [4.78, 5) is 18.3. The number of aliphatic hydroxyl groups is 1. The number of halogens is 1. The summed E-state index contributed by atoms with van der Waals surface area (Å²) in [6.07, 6.45) is 7.24. The summed E-state index contributed by atoms with van der Waals surface area (Å²) in [7, 11) is -2.38. The predicted molar refractivity (Wildman–Crippen MR) is 172 cm³/mol. The largest absolute Gasteiger partial charge is 0.497 e. The lowest BCUT2D eigenvalue weighted by Crippen LogP contribution is -2.49. The number of amides is 1. The van der Waals surface area contributed by atoms with Gasteiger partial charge in [0.05, 0.1) is 25.2 Å². The first-order valence-electron chi connectivity index (χ1n) is 15.8. The van der Waals surface area contributed by atoms with E-state index in [2.05, 4.69) is 4.90 Å². The second kappa shape index (κ2) is 15.8. The third-order valence-electron chi connectivity index (χ3n) is 8.92. The number of hydrogen-bond acceptors (Lipinski definition) is 8. The fraction of sp³-hybridized carbons (Fsp3) is 0.545. The highest BCUT2D eigenvalue weighted by atomic mass is 35.5. The van der Waals surface area contributed by atoms with Crippen molar-refractivity contribution in [1.82, 2.24) is 14.1 Å². The fourth-order valence-corrected chi connectivity index (χ4v) is 7.91. The summed E-state index contributed by atoms with van der Waals surface area (Å²) >= 11 is 6.14. The Bertz CT molecular complexity index is 1390. The Morgan fingerprint density at radius 2 is 1.69 bits per heavy atom. The minimum Gasteiger partial charge on any atom is -0.497 e. The molecule has 2 atom stereocenters. The number of nitrogens with zero attached hydrogens (tertiary/aromatic N) is 3. The van der Waals surface area contributed by atoms with Gasteiger partial charge in [0.15, 0.2) is 5.76 Å². The highest BCUT2D eigenvalue weighted by molar-refractivity contribution is 7.89. The molecule has 0 bridgehead atoms. The molecular formula is C33H44ClN3O7S. The molecule has 1 amide bonds. The van der Waals surface area contributed by atoms with E-state index in [1.807, 2.05) is 35.2 Å². The molecule has 2 aromatic carbocycles.